The molecule has 2 N–H and O–H groups in total. The molecule has 3 unspecified atom stereocenters. The summed E-state index contributed by atoms with van der Waals surface area (Å²) in [4.78, 5) is 0. The molecule has 1 aliphatic carbocycles. The van der Waals surface area contributed by atoms with Gasteiger partial charge >= 0.3 is 0 Å². The van der Waals surface area contributed by atoms with Gasteiger partial charge in [-0.25, -0.2) is 0 Å². The summed E-state index contributed by atoms with van der Waals surface area (Å²) in [6, 6.07) is 0.506. The summed E-state index contributed by atoms with van der Waals surface area (Å²) in [5, 5.41) is 13.1. The fourth-order valence-corrected chi connectivity index (χ4v) is 1.90. The van der Waals surface area contributed by atoms with Crippen LogP contribution in [0.2, 0.25) is 0 Å². The van der Waals surface area contributed by atoms with Crippen LogP contribution in [0.3, 0.4) is 0 Å². The van der Waals surface area contributed by atoms with E-state index < -0.39 is 6.10 Å². The quantitative estimate of drug-likeness (QED) is 0.627. The van der Waals surface area contributed by atoms with Crippen molar-refractivity contribution in [3.05, 3.63) is 12.2 Å². The van der Waals surface area contributed by atoms with Crippen molar-refractivity contribution in [2.24, 2.45) is 0 Å². The van der Waals surface area contributed by atoms with Crippen molar-refractivity contribution in [3.63, 3.8) is 0 Å². The molecule has 4 heteroatoms. The van der Waals surface area contributed by atoms with Crippen LogP contribution >= 0.6 is 0 Å². The summed E-state index contributed by atoms with van der Waals surface area (Å²) in [6.07, 6.45) is 7.36. The minimum atomic E-state index is -0.444. The minimum Gasteiger partial charge on any atom is -0.389 e. The van der Waals surface area contributed by atoms with Crippen LogP contribution in [0.4, 0.5) is 0 Å². The molecule has 0 fully saturated rings. The molecule has 1 aliphatic rings. The lowest BCUT2D eigenvalue weighted by molar-refractivity contribution is -0.0316. The third kappa shape index (κ3) is 6.78. The molecule has 0 aromatic heterocycles. The van der Waals surface area contributed by atoms with E-state index in [1.807, 2.05) is 6.92 Å². The Morgan fingerprint density at radius 3 is 2.88 bits per heavy atom. The van der Waals surface area contributed by atoms with Crippen LogP contribution in [0.5, 0.6) is 0 Å². The summed E-state index contributed by atoms with van der Waals surface area (Å²) in [5.41, 5.74) is 0. The summed E-state index contributed by atoms with van der Waals surface area (Å²) >= 11 is 0. The Morgan fingerprint density at radius 2 is 2.24 bits per heavy atom. The Hall–Kier alpha value is -0.420. The van der Waals surface area contributed by atoms with Crippen LogP contribution in [0, 0.1) is 0 Å². The van der Waals surface area contributed by atoms with E-state index in [1.54, 1.807) is 7.11 Å². The van der Waals surface area contributed by atoms with E-state index in [4.69, 9.17) is 9.47 Å². The highest BCUT2D eigenvalue weighted by molar-refractivity contribution is 4.93. The Bertz CT molecular complexity index is 221. The first-order valence-electron chi connectivity index (χ1n) is 6.39. The molecule has 4 nitrogen and oxygen atoms in total. The number of nitrogens with one attached hydrogen (secondary N) is 1. The summed E-state index contributed by atoms with van der Waals surface area (Å²) < 4.78 is 10.4. The summed E-state index contributed by atoms with van der Waals surface area (Å²) in [7, 11) is 1.65. The van der Waals surface area contributed by atoms with Gasteiger partial charge < -0.3 is 19.9 Å². The highest BCUT2D eigenvalue weighted by atomic mass is 16.5. The van der Waals surface area contributed by atoms with Gasteiger partial charge in [0.2, 0.25) is 0 Å². The van der Waals surface area contributed by atoms with Crippen LogP contribution in [0.25, 0.3) is 0 Å². The van der Waals surface area contributed by atoms with Crippen molar-refractivity contribution in [3.8, 4) is 0 Å². The van der Waals surface area contributed by atoms with E-state index in [1.165, 1.54) is 0 Å². The lowest BCUT2D eigenvalue weighted by Crippen LogP contribution is -2.38. The average Bonchev–Trinajstić information content (AvgIpc) is 2.35. The molecule has 17 heavy (non-hydrogen) atoms. The molecule has 0 spiro atoms. The van der Waals surface area contributed by atoms with Crippen molar-refractivity contribution in [1.82, 2.24) is 5.32 Å². The van der Waals surface area contributed by atoms with Crippen molar-refractivity contribution in [2.45, 2.75) is 44.4 Å². The van der Waals surface area contributed by atoms with Crippen molar-refractivity contribution in [1.29, 1.82) is 0 Å². The van der Waals surface area contributed by atoms with E-state index in [9.17, 15) is 5.11 Å². The second kappa shape index (κ2) is 8.64. The van der Waals surface area contributed by atoms with E-state index >= 15 is 0 Å². The number of rotatable bonds is 8. The fourth-order valence-electron chi connectivity index (χ4n) is 1.90. The van der Waals surface area contributed by atoms with Gasteiger partial charge in [0, 0.05) is 19.7 Å². The zero-order chi connectivity index (χ0) is 12.5. The first-order chi connectivity index (χ1) is 8.22. The van der Waals surface area contributed by atoms with Gasteiger partial charge in [0.1, 0.15) is 0 Å². The number of hydrogen-bond donors (Lipinski definition) is 2. The Morgan fingerprint density at radius 1 is 1.41 bits per heavy atom. The monoisotopic (exact) mass is 243 g/mol. The molecule has 0 aromatic rings. The zero-order valence-corrected chi connectivity index (χ0v) is 10.9. The molecule has 100 valence electrons. The van der Waals surface area contributed by atoms with Gasteiger partial charge in [-0.15, -0.1) is 0 Å². The standard InChI is InChI=1S/C13H25NO3/c1-11(9-16-2)17-10-13(15)8-14-12-6-4-3-5-7-12/h3-4,11-15H,5-10H2,1-2H3. The van der Waals surface area contributed by atoms with Crippen LogP contribution in [0.1, 0.15) is 26.2 Å². The normalized spacial score (nSPS) is 23.6. The van der Waals surface area contributed by atoms with Gasteiger partial charge in [0.15, 0.2) is 0 Å². The van der Waals surface area contributed by atoms with Crippen molar-refractivity contribution >= 4 is 0 Å². The number of aliphatic hydroxyl groups is 1. The molecule has 0 bridgehead atoms. The number of methoxy groups -OCH3 is 1. The summed E-state index contributed by atoms with van der Waals surface area (Å²) in [5.74, 6) is 0. The van der Waals surface area contributed by atoms with Gasteiger partial charge in [-0.2, -0.15) is 0 Å². The van der Waals surface area contributed by atoms with E-state index in [0.717, 1.165) is 19.3 Å². The predicted octanol–water partition coefficient (Wildman–Crippen LogP) is 1.10. The molecular formula is C13H25NO3. The molecule has 0 aliphatic heterocycles. The maximum absolute atomic E-state index is 9.75. The lowest BCUT2D eigenvalue weighted by atomic mass is 10.0. The topological polar surface area (TPSA) is 50.7 Å². The smallest absolute Gasteiger partial charge is 0.0897 e. The number of aliphatic hydroxyl groups excluding tert-OH is 1. The fraction of sp³-hybridized carbons (Fsp3) is 0.846. The maximum atomic E-state index is 9.75. The van der Waals surface area contributed by atoms with Gasteiger partial charge in [0.05, 0.1) is 25.4 Å². The second-order valence-electron chi connectivity index (χ2n) is 4.64. The van der Waals surface area contributed by atoms with Gasteiger partial charge in [-0.3, -0.25) is 0 Å². The highest BCUT2D eigenvalue weighted by Gasteiger charge is 2.12. The Kier molecular flexibility index (Phi) is 7.44. The molecule has 3 atom stereocenters. The number of allylic oxidation sites excluding steroid dienone is 1. The predicted molar refractivity (Wildman–Crippen MR) is 68.1 cm³/mol. The van der Waals surface area contributed by atoms with E-state index in [0.29, 0.717) is 25.8 Å². The van der Waals surface area contributed by atoms with Crippen LogP contribution < -0.4 is 5.32 Å². The summed E-state index contributed by atoms with van der Waals surface area (Å²) in [6.45, 7) is 3.46. The first kappa shape index (κ1) is 14.6. The maximum Gasteiger partial charge on any atom is 0.0897 e. The van der Waals surface area contributed by atoms with Crippen LogP contribution in [0.15, 0.2) is 12.2 Å². The second-order valence-corrected chi connectivity index (χ2v) is 4.64. The molecule has 0 radical (unpaired) electrons. The highest BCUT2D eigenvalue weighted by Crippen LogP contribution is 2.10. The Balaban J connectivity index is 2.04. The Labute approximate surface area is 104 Å². The lowest BCUT2D eigenvalue weighted by Gasteiger charge is -2.22. The third-order valence-electron chi connectivity index (χ3n) is 2.89. The molecule has 0 saturated heterocycles. The SMILES string of the molecule is COCC(C)OCC(O)CNC1CC=CCC1. The average molecular weight is 243 g/mol. The first-order valence-corrected chi connectivity index (χ1v) is 6.39. The molecule has 0 saturated carbocycles. The van der Waals surface area contributed by atoms with Gasteiger partial charge in [-0.1, -0.05) is 12.2 Å². The van der Waals surface area contributed by atoms with Crippen molar-refractivity contribution in [2.75, 3.05) is 26.9 Å². The molecular weight excluding hydrogens is 218 g/mol. The zero-order valence-electron chi connectivity index (χ0n) is 10.9. The minimum absolute atomic E-state index is 0.0345. The van der Waals surface area contributed by atoms with Crippen molar-refractivity contribution < 1.29 is 14.6 Å². The molecule has 0 aromatic carbocycles. The largest absolute Gasteiger partial charge is 0.389 e. The number of hydrogen-bond acceptors (Lipinski definition) is 4. The third-order valence-corrected chi connectivity index (χ3v) is 2.89. The molecule has 0 heterocycles. The van der Waals surface area contributed by atoms with Crippen LogP contribution in [-0.2, 0) is 9.47 Å². The van der Waals surface area contributed by atoms with Gasteiger partial charge in [0.25, 0.3) is 0 Å². The number of ether oxygens (including phenoxy) is 2. The van der Waals surface area contributed by atoms with Gasteiger partial charge in [-0.05, 0) is 26.2 Å². The van der Waals surface area contributed by atoms with Crippen LogP contribution in [-0.4, -0.2) is 50.2 Å². The van der Waals surface area contributed by atoms with E-state index in [-0.39, 0.29) is 6.10 Å². The molecule has 0 amide bonds. The van der Waals surface area contributed by atoms with E-state index in [2.05, 4.69) is 17.5 Å². The molecule has 1 rings (SSSR count).